The van der Waals surface area contributed by atoms with E-state index in [1.165, 1.54) is 6.20 Å². The third kappa shape index (κ3) is 4.04. The number of hydrogen-bond acceptors (Lipinski definition) is 8. The summed E-state index contributed by atoms with van der Waals surface area (Å²) in [6, 6.07) is 6.50. The third-order valence-electron chi connectivity index (χ3n) is 3.71. The van der Waals surface area contributed by atoms with Gasteiger partial charge in [-0.05, 0) is 25.1 Å². The van der Waals surface area contributed by atoms with E-state index in [2.05, 4.69) is 9.97 Å². The lowest BCUT2D eigenvalue weighted by Gasteiger charge is -2.15. The molecule has 2 N–H and O–H groups in total. The molecule has 2 aromatic rings. The fraction of sp³-hybridized carbons (Fsp3) is 0.235. The molecule has 0 aliphatic carbocycles. The standard InChI is InChI=1S/C17H15ClN4O4S/c1-2-26-16(25)11-8-20-17(21-14(11)19)27-12-7-13(23)22(15(12)24)10-5-3-4-9(18)6-10/h3-6,8,12H,2,7H2,1H3,(H2,19,20,21). The van der Waals surface area contributed by atoms with Crippen molar-refractivity contribution in [3.8, 4) is 0 Å². The lowest BCUT2D eigenvalue weighted by molar-refractivity contribution is -0.121. The van der Waals surface area contributed by atoms with E-state index in [4.69, 9.17) is 22.1 Å². The smallest absolute Gasteiger partial charge is 0.343 e. The Hall–Kier alpha value is -2.65. The Morgan fingerprint density at radius 2 is 2.22 bits per heavy atom. The molecular weight excluding hydrogens is 392 g/mol. The number of imide groups is 1. The molecule has 0 radical (unpaired) electrons. The summed E-state index contributed by atoms with van der Waals surface area (Å²) in [7, 11) is 0. The molecule has 0 spiro atoms. The number of aromatic nitrogens is 2. The number of esters is 1. The highest BCUT2D eigenvalue weighted by Gasteiger charge is 2.40. The zero-order chi connectivity index (χ0) is 19.6. The van der Waals surface area contributed by atoms with E-state index in [9.17, 15) is 14.4 Å². The summed E-state index contributed by atoms with van der Waals surface area (Å²) in [5.41, 5.74) is 6.25. The molecule has 0 saturated carbocycles. The second-order valence-electron chi connectivity index (χ2n) is 5.53. The van der Waals surface area contributed by atoms with Gasteiger partial charge in [-0.3, -0.25) is 9.59 Å². The van der Waals surface area contributed by atoms with Crippen LogP contribution >= 0.6 is 23.4 Å². The van der Waals surface area contributed by atoms with E-state index >= 15 is 0 Å². The fourth-order valence-electron chi connectivity index (χ4n) is 2.51. The molecule has 0 bridgehead atoms. The number of hydrogen-bond donors (Lipinski definition) is 1. The van der Waals surface area contributed by atoms with Gasteiger partial charge in [-0.25, -0.2) is 19.7 Å². The number of nitrogens with two attached hydrogens (primary N) is 1. The van der Waals surface area contributed by atoms with Gasteiger partial charge in [0, 0.05) is 17.6 Å². The molecule has 1 unspecified atom stereocenters. The Morgan fingerprint density at radius 1 is 1.44 bits per heavy atom. The summed E-state index contributed by atoms with van der Waals surface area (Å²) in [4.78, 5) is 45.9. The number of halogens is 1. The first-order chi connectivity index (χ1) is 12.9. The average Bonchev–Trinajstić information content (AvgIpc) is 2.88. The van der Waals surface area contributed by atoms with Crippen molar-refractivity contribution in [2.45, 2.75) is 23.8 Å². The topological polar surface area (TPSA) is 115 Å². The van der Waals surface area contributed by atoms with Crippen LogP contribution in [0.25, 0.3) is 0 Å². The summed E-state index contributed by atoms with van der Waals surface area (Å²) in [6.45, 7) is 1.88. The van der Waals surface area contributed by atoms with Crippen LogP contribution in [-0.4, -0.2) is 39.6 Å². The molecule has 2 amide bonds. The first-order valence-electron chi connectivity index (χ1n) is 7.99. The number of anilines is 2. The zero-order valence-electron chi connectivity index (χ0n) is 14.2. The van der Waals surface area contributed by atoms with Crippen LogP contribution in [0.3, 0.4) is 0 Å². The normalized spacial score (nSPS) is 16.7. The molecule has 1 atom stereocenters. The maximum Gasteiger partial charge on any atom is 0.343 e. The van der Waals surface area contributed by atoms with Gasteiger partial charge in [0.25, 0.3) is 0 Å². The van der Waals surface area contributed by atoms with E-state index in [-0.39, 0.29) is 41.4 Å². The van der Waals surface area contributed by atoms with Gasteiger partial charge in [-0.1, -0.05) is 29.4 Å². The first kappa shape index (κ1) is 19.1. The molecule has 27 heavy (non-hydrogen) atoms. The van der Waals surface area contributed by atoms with Crippen molar-refractivity contribution in [3.05, 3.63) is 41.0 Å². The van der Waals surface area contributed by atoms with Crippen molar-refractivity contribution in [2.24, 2.45) is 0 Å². The van der Waals surface area contributed by atoms with Crippen molar-refractivity contribution in [1.29, 1.82) is 0 Å². The van der Waals surface area contributed by atoms with Gasteiger partial charge in [0.1, 0.15) is 16.6 Å². The molecule has 1 aromatic heterocycles. The summed E-state index contributed by atoms with van der Waals surface area (Å²) in [6.07, 6.45) is 1.25. The van der Waals surface area contributed by atoms with Gasteiger partial charge in [-0.2, -0.15) is 0 Å². The predicted octanol–water partition coefficient (Wildman–Crippen LogP) is 2.31. The van der Waals surface area contributed by atoms with Crippen LogP contribution < -0.4 is 10.6 Å². The van der Waals surface area contributed by atoms with Crippen LogP contribution in [0.2, 0.25) is 5.02 Å². The summed E-state index contributed by atoms with van der Waals surface area (Å²) >= 11 is 6.95. The Balaban J connectivity index is 1.77. The Bertz CT molecular complexity index is 924. The van der Waals surface area contributed by atoms with Gasteiger partial charge in [0.05, 0.1) is 12.3 Å². The van der Waals surface area contributed by atoms with Crippen LogP contribution in [0.15, 0.2) is 35.6 Å². The quantitative estimate of drug-likeness (QED) is 0.457. The molecule has 1 aromatic carbocycles. The van der Waals surface area contributed by atoms with Crippen LogP contribution in [0, 0.1) is 0 Å². The number of benzene rings is 1. The van der Waals surface area contributed by atoms with E-state index in [1.54, 1.807) is 31.2 Å². The number of carbonyl (C=O) groups excluding carboxylic acids is 3. The minimum Gasteiger partial charge on any atom is -0.462 e. The highest BCUT2D eigenvalue weighted by molar-refractivity contribution is 8.00. The van der Waals surface area contributed by atoms with Crippen molar-refractivity contribution >= 4 is 52.7 Å². The van der Waals surface area contributed by atoms with Gasteiger partial charge in [0.2, 0.25) is 11.8 Å². The number of nitrogens with zero attached hydrogens (tertiary/aromatic N) is 3. The molecule has 8 nitrogen and oxygen atoms in total. The van der Waals surface area contributed by atoms with Crippen LogP contribution in [0.1, 0.15) is 23.7 Å². The first-order valence-corrected chi connectivity index (χ1v) is 9.25. The van der Waals surface area contributed by atoms with Crippen LogP contribution in [0.4, 0.5) is 11.5 Å². The van der Waals surface area contributed by atoms with Crippen molar-refractivity contribution in [3.63, 3.8) is 0 Å². The Kier molecular flexibility index (Phi) is 5.62. The van der Waals surface area contributed by atoms with E-state index in [0.29, 0.717) is 10.7 Å². The number of carbonyl (C=O) groups is 3. The number of amides is 2. The molecule has 1 aliphatic heterocycles. The lowest BCUT2D eigenvalue weighted by atomic mass is 10.3. The van der Waals surface area contributed by atoms with E-state index in [1.807, 2.05) is 0 Å². The largest absolute Gasteiger partial charge is 0.462 e. The van der Waals surface area contributed by atoms with E-state index in [0.717, 1.165) is 16.7 Å². The van der Waals surface area contributed by atoms with Gasteiger partial charge >= 0.3 is 5.97 Å². The monoisotopic (exact) mass is 406 g/mol. The Morgan fingerprint density at radius 3 is 2.89 bits per heavy atom. The predicted molar refractivity (Wildman–Crippen MR) is 101 cm³/mol. The van der Waals surface area contributed by atoms with E-state index < -0.39 is 11.2 Å². The number of nitrogen functional groups attached to an aromatic ring is 1. The maximum atomic E-state index is 12.7. The molecule has 1 fully saturated rings. The Labute approximate surface area is 164 Å². The van der Waals surface area contributed by atoms with Crippen molar-refractivity contribution in [2.75, 3.05) is 17.2 Å². The molecular formula is C17H15ClN4O4S. The summed E-state index contributed by atoms with van der Waals surface area (Å²) < 4.78 is 4.86. The van der Waals surface area contributed by atoms with Gasteiger partial charge in [-0.15, -0.1) is 0 Å². The molecule has 140 valence electrons. The SMILES string of the molecule is CCOC(=O)c1cnc(SC2CC(=O)N(c3cccc(Cl)c3)C2=O)nc1N. The van der Waals surface area contributed by atoms with Gasteiger partial charge < -0.3 is 10.5 Å². The number of rotatable bonds is 5. The number of thioether (sulfide) groups is 1. The zero-order valence-corrected chi connectivity index (χ0v) is 15.8. The summed E-state index contributed by atoms with van der Waals surface area (Å²) in [5, 5.41) is -0.0705. The second-order valence-corrected chi connectivity index (χ2v) is 7.14. The fourth-order valence-corrected chi connectivity index (χ4v) is 3.65. The molecule has 3 rings (SSSR count). The average molecular weight is 407 g/mol. The molecule has 1 aliphatic rings. The molecule has 2 heterocycles. The van der Waals surface area contributed by atoms with Crippen LogP contribution in [-0.2, 0) is 14.3 Å². The number of ether oxygens (including phenoxy) is 1. The molecule has 1 saturated heterocycles. The minimum atomic E-state index is -0.690. The minimum absolute atomic E-state index is 0.00109. The third-order valence-corrected chi connectivity index (χ3v) is 5.01. The second kappa shape index (κ2) is 7.93. The van der Waals surface area contributed by atoms with Crippen LogP contribution in [0.5, 0.6) is 0 Å². The highest BCUT2D eigenvalue weighted by atomic mass is 35.5. The lowest BCUT2D eigenvalue weighted by Crippen LogP contribution is -2.31. The van der Waals surface area contributed by atoms with Crippen molar-refractivity contribution < 1.29 is 19.1 Å². The van der Waals surface area contributed by atoms with Gasteiger partial charge in [0.15, 0.2) is 5.16 Å². The summed E-state index contributed by atoms with van der Waals surface area (Å²) in [5.74, 6) is -1.39. The van der Waals surface area contributed by atoms with Crippen molar-refractivity contribution in [1.82, 2.24) is 9.97 Å². The maximum absolute atomic E-state index is 12.7. The highest BCUT2D eigenvalue weighted by Crippen LogP contribution is 2.33. The molecule has 10 heteroatoms.